The van der Waals surface area contributed by atoms with E-state index in [0.717, 1.165) is 5.56 Å². The Morgan fingerprint density at radius 3 is 2.53 bits per heavy atom. The van der Waals surface area contributed by atoms with Gasteiger partial charge in [-0.3, -0.25) is 4.79 Å². The number of aliphatic hydroxyl groups is 1. The third kappa shape index (κ3) is 5.23. The summed E-state index contributed by atoms with van der Waals surface area (Å²) in [7, 11) is 1.59. The first-order chi connectivity index (χ1) is 9.06. The van der Waals surface area contributed by atoms with Gasteiger partial charge in [-0.15, -0.1) is 0 Å². The maximum Gasteiger partial charge on any atom is 0.321 e. The minimum Gasteiger partial charge on any atom is -0.491 e. The Morgan fingerprint density at radius 1 is 1.42 bits per heavy atom. The molecule has 3 N–H and O–H groups in total. The van der Waals surface area contributed by atoms with Crippen LogP contribution in [0.25, 0.3) is 0 Å². The number of carboxylic acids is 1. The van der Waals surface area contributed by atoms with Gasteiger partial charge in [0.2, 0.25) is 0 Å². The zero-order chi connectivity index (χ0) is 14.3. The molecule has 0 aliphatic carbocycles. The molecular formula is C13H18FNO4. The number of alkyl halides is 1. The number of carboxylic acid groups (broad SMARTS) is 1. The molecule has 1 aromatic carbocycles. The molecule has 0 radical (unpaired) electrons. The molecule has 6 heteroatoms. The zero-order valence-corrected chi connectivity index (χ0v) is 10.7. The highest BCUT2D eigenvalue weighted by Gasteiger charge is 2.15. The van der Waals surface area contributed by atoms with E-state index in [2.05, 4.69) is 5.32 Å². The van der Waals surface area contributed by atoms with Crippen molar-refractivity contribution in [3.8, 4) is 5.75 Å². The SMILES string of the molecule is CN[C@@H](Cc1ccc(OCC(O)CF)cc1)C(=O)O. The van der Waals surface area contributed by atoms with Gasteiger partial charge in [0.15, 0.2) is 0 Å². The molecule has 0 aliphatic rings. The van der Waals surface area contributed by atoms with E-state index in [1.807, 2.05) is 0 Å². The number of aliphatic carboxylic acids is 1. The predicted octanol–water partition coefficient (Wildman–Crippen LogP) is 0.611. The Balaban J connectivity index is 2.53. The van der Waals surface area contributed by atoms with E-state index in [1.54, 1.807) is 31.3 Å². The number of benzene rings is 1. The molecule has 0 spiro atoms. The predicted molar refractivity (Wildman–Crippen MR) is 68.1 cm³/mol. The number of aliphatic hydroxyl groups excluding tert-OH is 1. The summed E-state index contributed by atoms with van der Waals surface area (Å²) in [6.45, 7) is -0.954. The summed E-state index contributed by atoms with van der Waals surface area (Å²) in [5, 5.41) is 20.6. The number of halogens is 1. The average molecular weight is 271 g/mol. The van der Waals surface area contributed by atoms with Gasteiger partial charge in [0, 0.05) is 0 Å². The molecule has 1 aromatic rings. The number of rotatable bonds is 8. The molecule has 0 fully saturated rings. The van der Waals surface area contributed by atoms with Crippen molar-refractivity contribution in [2.24, 2.45) is 0 Å². The number of nitrogens with one attached hydrogen (secondary N) is 1. The highest BCUT2D eigenvalue weighted by Crippen LogP contribution is 2.14. The Labute approximate surface area is 111 Å². The Morgan fingerprint density at radius 2 is 2.05 bits per heavy atom. The van der Waals surface area contributed by atoms with Crippen molar-refractivity contribution in [3.63, 3.8) is 0 Å². The Kier molecular flexibility index (Phi) is 6.24. The van der Waals surface area contributed by atoms with E-state index in [4.69, 9.17) is 14.9 Å². The fourth-order valence-electron chi connectivity index (χ4n) is 1.51. The van der Waals surface area contributed by atoms with Gasteiger partial charge in [0.05, 0.1) is 0 Å². The molecule has 0 amide bonds. The van der Waals surface area contributed by atoms with Gasteiger partial charge < -0.3 is 20.3 Å². The standard InChI is InChI=1S/C13H18FNO4/c1-15-12(13(17)18)6-9-2-4-11(5-3-9)19-8-10(16)7-14/h2-5,10,12,15-16H,6-8H2,1H3,(H,17,18)/t10?,12-/m0/s1. The summed E-state index contributed by atoms with van der Waals surface area (Å²) >= 11 is 0. The largest absolute Gasteiger partial charge is 0.491 e. The lowest BCUT2D eigenvalue weighted by molar-refractivity contribution is -0.139. The molecule has 0 aromatic heterocycles. The van der Waals surface area contributed by atoms with Gasteiger partial charge in [-0.1, -0.05) is 12.1 Å². The minimum absolute atomic E-state index is 0.107. The third-order valence-electron chi connectivity index (χ3n) is 2.63. The van der Waals surface area contributed by atoms with Crippen molar-refractivity contribution in [2.45, 2.75) is 18.6 Å². The van der Waals surface area contributed by atoms with Crippen LogP contribution in [0.3, 0.4) is 0 Å². The van der Waals surface area contributed by atoms with Crippen LogP contribution in [0.1, 0.15) is 5.56 Å². The second kappa shape index (κ2) is 7.70. The van der Waals surface area contributed by atoms with Crippen LogP contribution in [0.2, 0.25) is 0 Å². The molecule has 0 bridgehead atoms. The first kappa shape index (κ1) is 15.4. The van der Waals surface area contributed by atoms with E-state index in [-0.39, 0.29) is 6.61 Å². The topological polar surface area (TPSA) is 78.8 Å². The van der Waals surface area contributed by atoms with E-state index in [9.17, 15) is 9.18 Å². The molecule has 0 saturated heterocycles. The highest BCUT2D eigenvalue weighted by molar-refractivity contribution is 5.73. The van der Waals surface area contributed by atoms with Crippen molar-refractivity contribution in [1.82, 2.24) is 5.32 Å². The lowest BCUT2D eigenvalue weighted by Crippen LogP contribution is -2.35. The third-order valence-corrected chi connectivity index (χ3v) is 2.63. The average Bonchev–Trinajstić information content (AvgIpc) is 2.42. The first-order valence-electron chi connectivity index (χ1n) is 5.92. The van der Waals surface area contributed by atoms with Crippen molar-refractivity contribution >= 4 is 5.97 Å². The van der Waals surface area contributed by atoms with Gasteiger partial charge in [-0.2, -0.15) is 0 Å². The summed E-state index contributed by atoms with van der Waals surface area (Å²) in [6.07, 6.45) is -0.764. The maximum atomic E-state index is 12.0. The number of ether oxygens (including phenoxy) is 1. The summed E-state index contributed by atoms with van der Waals surface area (Å²) in [5.74, 6) is -0.401. The second-order valence-corrected chi connectivity index (χ2v) is 4.15. The second-order valence-electron chi connectivity index (χ2n) is 4.15. The van der Waals surface area contributed by atoms with Crippen molar-refractivity contribution in [1.29, 1.82) is 0 Å². The van der Waals surface area contributed by atoms with E-state index >= 15 is 0 Å². The van der Waals surface area contributed by atoms with Gasteiger partial charge >= 0.3 is 5.97 Å². The lowest BCUT2D eigenvalue weighted by Gasteiger charge is -2.12. The fourth-order valence-corrected chi connectivity index (χ4v) is 1.51. The van der Waals surface area contributed by atoms with Crippen molar-refractivity contribution in [2.75, 3.05) is 20.3 Å². The van der Waals surface area contributed by atoms with Crippen LogP contribution in [0.5, 0.6) is 5.75 Å². The minimum atomic E-state index is -1.12. The molecule has 19 heavy (non-hydrogen) atoms. The molecule has 2 atom stereocenters. The van der Waals surface area contributed by atoms with Crippen LogP contribution < -0.4 is 10.1 Å². The molecule has 106 valence electrons. The van der Waals surface area contributed by atoms with Crippen molar-refractivity contribution in [3.05, 3.63) is 29.8 Å². The Hall–Kier alpha value is -1.66. The van der Waals surface area contributed by atoms with E-state index in [0.29, 0.717) is 12.2 Å². The smallest absolute Gasteiger partial charge is 0.321 e. The van der Waals surface area contributed by atoms with Crippen LogP contribution in [0, 0.1) is 0 Å². The molecule has 0 aliphatic heterocycles. The summed E-state index contributed by atoms with van der Waals surface area (Å²) < 4.78 is 17.2. The van der Waals surface area contributed by atoms with Gasteiger partial charge in [0.1, 0.15) is 31.2 Å². The van der Waals surface area contributed by atoms with Crippen LogP contribution in [-0.2, 0) is 11.2 Å². The number of likely N-dealkylation sites (N-methyl/N-ethyl adjacent to an activating group) is 1. The van der Waals surface area contributed by atoms with Gasteiger partial charge in [-0.25, -0.2) is 4.39 Å². The fraction of sp³-hybridized carbons (Fsp3) is 0.462. The number of hydrogen-bond donors (Lipinski definition) is 3. The van der Waals surface area contributed by atoms with Crippen LogP contribution in [0.15, 0.2) is 24.3 Å². The van der Waals surface area contributed by atoms with Crippen LogP contribution in [-0.4, -0.2) is 48.7 Å². The molecule has 1 rings (SSSR count). The molecule has 0 heterocycles. The van der Waals surface area contributed by atoms with E-state index < -0.39 is 24.8 Å². The highest BCUT2D eigenvalue weighted by atomic mass is 19.1. The summed E-state index contributed by atoms with van der Waals surface area (Å²) in [4.78, 5) is 10.9. The van der Waals surface area contributed by atoms with Gasteiger partial charge in [-0.05, 0) is 31.2 Å². The normalized spacial score (nSPS) is 13.8. The number of carbonyl (C=O) groups is 1. The molecular weight excluding hydrogens is 253 g/mol. The summed E-state index contributed by atoms with van der Waals surface area (Å²) in [6, 6.07) is 6.17. The maximum absolute atomic E-state index is 12.0. The number of hydrogen-bond acceptors (Lipinski definition) is 4. The van der Waals surface area contributed by atoms with Crippen LogP contribution >= 0.6 is 0 Å². The molecule has 1 unspecified atom stereocenters. The Bertz CT molecular complexity index is 396. The monoisotopic (exact) mass is 271 g/mol. The quantitative estimate of drug-likeness (QED) is 0.645. The van der Waals surface area contributed by atoms with E-state index in [1.165, 1.54) is 0 Å². The first-order valence-corrected chi connectivity index (χ1v) is 5.92. The summed E-state index contributed by atoms with van der Waals surface area (Å²) in [5.41, 5.74) is 0.847. The van der Waals surface area contributed by atoms with Crippen molar-refractivity contribution < 1.29 is 24.1 Å². The molecule has 0 saturated carbocycles. The molecule has 5 nitrogen and oxygen atoms in total. The van der Waals surface area contributed by atoms with Gasteiger partial charge in [0.25, 0.3) is 0 Å². The lowest BCUT2D eigenvalue weighted by atomic mass is 10.1. The van der Waals surface area contributed by atoms with Crippen LogP contribution in [0.4, 0.5) is 4.39 Å². The zero-order valence-electron chi connectivity index (χ0n) is 10.7.